The van der Waals surface area contributed by atoms with Gasteiger partial charge in [-0.25, -0.2) is 4.99 Å². The standard InChI is InChI=1S/C11H12N4O2/c1-11(2)12-9-7(14-5-6-14)3-4-8(15(16)17)10(9)13-11/h3-4H,5-6H2,1-2H3. The number of nitrogens with zero attached hydrogens (tertiary/aromatic N) is 4. The van der Waals surface area contributed by atoms with Gasteiger partial charge in [-0.3, -0.25) is 15.1 Å². The Morgan fingerprint density at radius 3 is 2.53 bits per heavy atom. The third kappa shape index (κ3) is 1.56. The Kier molecular flexibility index (Phi) is 1.81. The highest BCUT2D eigenvalue weighted by Crippen LogP contribution is 2.21. The fourth-order valence-corrected chi connectivity index (χ4v) is 2.04. The van der Waals surface area contributed by atoms with Crippen molar-refractivity contribution in [3.8, 4) is 0 Å². The minimum Gasteiger partial charge on any atom is -0.366 e. The number of anilines is 1. The van der Waals surface area contributed by atoms with Crippen LogP contribution in [-0.4, -0.2) is 23.7 Å². The topological polar surface area (TPSA) is 70.9 Å². The maximum absolute atomic E-state index is 11.0. The van der Waals surface area contributed by atoms with Crippen LogP contribution in [0, 0.1) is 10.1 Å². The van der Waals surface area contributed by atoms with E-state index in [0.717, 1.165) is 18.8 Å². The summed E-state index contributed by atoms with van der Waals surface area (Å²) >= 11 is 0. The van der Waals surface area contributed by atoms with Gasteiger partial charge in [-0.15, -0.1) is 0 Å². The molecule has 3 rings (SSSR count). The molecular formula is C11H12N4O2. The van der Waals surface area contributed by atoms with E-state index in [1.54, 1.807) is 6.07 Å². The monoisotopic (exact) mass is 232 g/mol. The van der Waals surface area contributed by atoms with Gasteiger partial charge < -0.3 is 4.90 Å². The van der Waals surface area contributed by atoms with Gasteiger partial charge in [0.1, 0.15) is 11.0 Å². The van der Waals surface area contributed by atoms with Gasteiger partial charge in [0.05, 0.1) is 10.6 Å². The van der Waals surface area contributed by atoms with Crippen molar-refractivity contribution in [3.05, 3.63) is 33.0 Å². The molecule has 17 heavy (non-hydrogen) atoms. The van der Waals surface area contributed by atoms with Gasteiger partial charge in [0.25, 0.3) is 5.69 Å². The summed E-state index contributed by atoms with van der Waals surface area (Å²) in [5, 5.41) is 12.0. The molecule has 2 aliphatic rings. The van der Waals surface area contributed by atoms with Gasteiger partial charge in [0.2, 0.25) is 0 Å². The molecule has 1 saturated heterocycles. The van der Waals surface area contributed by atoms with Gasteiger partial charge in [0.15, 0.2) is 5.36 Å². The van der Waals surface area contributed by atoms with Crippen molar-refractivity contribution in [1.82, 2.24) is 0 Å². The third-order valence-corrected chi connectivity index (χ3v) is 2.86. The van der Waals surface area contributed by atoms with Crippen LogP contribution in [-0.2, 0) is 0 Å². The molecule has 1 aromatic rings. The van der Waals surface area contributed by atoms with E-state index < -0.39 is 10.6 Å². The number of rotatable bonds is 2. The first kappa shape index (κ1) is 10.2. The number of fused-ring (bicyclic) bond motifs is 1. The van der Waals surface area contributed by atoms with Crippen molar-refractivity contribution in [1.29, 1.82) is 0 Å². The molecule has 0 aromatic heterocycles. The van der Waals surface area contributed by atoms with E-state index in [-0.39, 0.29) is 5.69 Å². The first-order valence-electron chi connectivity index (χ1n) is 5.50. The Balaban J connectivity index is 2.34. The Morgan fingerprint density at radius 1 is 1.29 bits per heavy atom. The zero-order valence-electron chi connectivity index (χ0n) is 9.67. The van der Waals surface area contributed by atoms with Crippen LogP contribution in [0.4, 0.5) is 11.4 Å². The predicted octanol–water partition coefficient (Wildman–Crippen LogP) is 0.404. The van der Waals surface area contributed by atoms with E-state index in [2.05, 4.69) is 14.9 Å². The summed E-state index contributed by atoms with van der Waals surface area (Å²) in [6.45, 7) is 5.67. The summed E-state index contributed by atoms with van der Waals surface area (Å²) < 4.78 is 0. The summed E-state index contributed by atoms with van der Waals surface area (Å²) in [5.74, 6) is 0. The van der Waals surface area contributed by atoms with E-state index in [0.29, 0.717) is 10.7 Å². The molecule has 1 aromatic carbocycles. The van der Waals surface area contributed by atoms with Crippen LogP contribution in [0.5, 0.6) is 0 Å². The molecule has 1 fully saturated rings. The van der Waals surface area contributed by atoms with Gasteiger partial charge >= 0.3 is 0 Å². The Morgan fingerprint density at radius 2 is 1.94 bits per heavy atom. The van der Waals surface area contributed by atoms with Crippen LogP contribution in [0.2, 0.25) is 0 Å². The Hall–Kier alpha value is -1.98. The first-order valence-corrected chi connectivity index (χ1v) is 5.50. The quantitative estimate of drug-likeness (QED) is 0.421. The lowest BCUT2D eigenvalue weighted by Crippen LogP contribution is -2.28. The lowest BCUT2D eigenvalue weighted by atomic mass is 10.2. The second kappa shape index (κ2) is 3.03. The van der Waals surface area contributed by atoms with Gasteiger partial charge in [-0.05, 0) is 19.9 Å². The molecule has 88 valence electrons. The second-order valence-corrected chi connectivity index (χ2v) is 4.76. The molecule has 0 saturated carbocycles. The molecule has 0 atom stereocenters. The molecule has 0 radical (unpaired) electrons. The summed E-state index contributed by atoms with van der Waals surface area (Å²) in [5.41, 5.74) is 0.402. The highest BCUT2D eigenvalue weighted by molar-refractivity contribution is 5.54. The molecular weight excluding hydrogens is 220 g/mol. The summed E-state index contributed by atoms with van der Waals surface area (Å²) in [4.78, 5) is 21.5. The molecule has 2 aliphatic heterocycles. The van der Waals surface area contributed by atoms with E-state index in [1.807, 2.05) is 13.8 Å². The fraction of sp³-hybridized carbons (Fsp3) is 0.455. The first-order chi connectivity index (χ1) is 7.98. The fourth-order valence-electron chi connectivity index (χ4n) is 2.04. The van der Waals surface area contributed by atoms with Crippen LogP contribution < -0.4 is 15.6 Å². The molecule has 2 heterocycles. The van der Waals surface area contributed by atoms with E-state index in [1.165, 1.54) is 6.07 Å². The van der Waals surface area contributed by atoms with Gasteiger partial charge in [0, 0.05) is 19.2 Å². The van der Waals surface area contributed by atoms with Crippen molar-refractivity contribution in [2.75, 3.05) is 18.0 Å². The third-order valence-electron chi connectivity index (χ3n) is 2.86. The van der Waals surface area contributed by atoms with Crippen molar-refractivity contribution >= 4 is 11.4 Å². The lowest BCUT2D eigenvalue weighted by Gasteiger charge is -2.07. The second-order valence-electron chi connectivity index (χ2n) is 4.76. The smallest absolute Gasteiger partial charge is 0.296 e. The average molecular weight is 232 g/mol. The van der Waals surface area contributed by atoms with Crippen LogP contribution >= 0.6 is 0 Å². The molecule has 0 N–H and O–H groups in total. The van der Waals surface area contributed by atoms with Crippen molar-refractivity contribution in [2.24, 2.45) is 9.98 Å². The van der Waals surface area contributed by atoms with Crippen LogP contribution in [0.1, 0.15) is 13.8 Å². The Bertz CT molecular complexity index is 632. The number of nitro groups is 1. The predicted molar refractivity (Wildman–Crippen MR) is 61.7 cm³/mol. The number of hydrogen-bond donors (Lipinski definition) is 0. The maximum Gasteiger partial charge on any atom is 0.296 e. The van der Waals surface area contributed by atoms with Crippen LogP contribution in [0.25, 0.3) is 0 Å². The average Bonchev–Trinajstić information content (AvgIpc) is 2.98. The number of nitro benzene ring substituents is 1. The van der Waals surface area contributed by atoms with Gasteiger partial charge in [-0.1, -0.05) is 0 Å². The summed E-state index contributed by atoms with van der Waals surface area (Å²) in [6, 6.07) is 3.29. The SMILES string of the molecule is CC1(C)N=c2c(N3CC3)ccc([N+](=O)[O-])c2=N1. The van der Waals surface area contributed by atoms with E-state index >= 15 is 0 Å². The number of benzene rings is 1. The normalized spacial score (nSPS) is 19.3. The number of hydrogen-bond acceptors (Lipinski definition) is 5. The molecule has 0 aliphatic carbocycles. The molecule has 0 amide bonds. The van der Waals surface area contributed by atoms with Crippen LogP contribution in [0.15, 0.2) is 22.1 Å². The minimum atomic E-state index is -0.598. The maximum atomic E-state index is 11.0. The van der Waals surface area contributed by atoms with Crippen molar-refractivity contribution in [3.63, 3.8) is 0 Å². The molecule has 0 spiro atoms. The van der Waals surface area contributed by atoms with Crippen molar-refractivity contribution in [2.45, 2.75) is 19.5 Å². The molecule has 0 unspecified atom stereocenters. The van der Waals surface area contributed by atoms with E-state index in [4.69, 9.17) is 0 Å². The zero-order chi connectivity index (χ0) is 12.2. The molecule has 6 nitrogen and oxygen atoms in total. The number of non-ortho nitro benzene ring substituents is 1. The van der Waals surface area contributed by atoms with E-state index in [9.17, 15) is 10.1 Å². The summed E-state index contributed by atoms with van der Waals surface area (Å²) in [7, 11) is 0. The largest absolute Gasteiger partial charge is 0.366 e. The van der Waals surface area contributed by atoms with Crippen LogP contribution in [0.3, 0.4) is 0 Å². The zero-order valence-corrected chi connectivity index (χ0v) is 9.67. The lowest BCUT2D eigenvalue weighted by molar-refractivity contribution is -0.386. The van der Waals surface area contributed by atoms with Gasteiger partial charge in [-0.2, -0.15) is 0 Å². The highest BCUT2D eigenvalue weighted by atomic mass is 16.6. The minimum absolute atomic E-state index is 0.0416. The Labute approximate surface area is 97.4 Å². The highest BCUT2D eigenvalue weighted by Gasteiger charge is 2.29. The van der Waals surface area contributed by atoms with Crippen molar-refractivity contribution < 1.29 is 4.92 Å². The summed E-state index contributed by atoms with van der Waals surface area (Å²) in [6.07, 6.45) is 0. The molecule has 0 bridgehead atoms. The molecule has 6 heteroatoms.